The third kappa shape index (κ3) is 2.48. The zero-order chi connectivity index (χ0) is 18.9. The van der Waals surface area contributed by atoms with Crippen molar-refractivity contribution in [3.05, 3.63) is 63.7 Å². The minimum absolute atomic E-state index is 0.0986. The zero-order valence-electron chi connectivity index (χ0n) is 14.4. The number of hydrogen-bond donors (Lipinski definition) is 2. The van der Waals surface area contributed by atoms with E-state index in [1.807, 2.05) is 0 Å². The van der Waals surface area contributed by atoms with Gasteiger partial charge in [0, 0.05) is 10.7 Å². The van der Waals surface area contributed by atoms with Crippen molar-refractivity contribution < 1.29 is 18.7 Å². The van der Waals surface area contributed by atoms with E-state index in [1.165, 1.54) is 12.1 Å². The predicted molar refractivity (Wildman–Crippen MR) is 98.2 cm³/mol. The summed E-state index contributed by atoms with van der Waals surface area (Å²) in [6, 6.07) is 7.11. The van der Waals surface area contributed by atoms with Gasteiger partial charge in [-0.15, -0.1) is 0 Å². The minimum Gasteiger partial charge on any atom is -0.478 e. The van der Waals surface area contributed by atoms with Crippen LogP contribution in [0.4, 0.5) is 14.5 Å². The van der Waals surface area contributed by atoms with E-state index in [4.69, 9.17) is 11.6 Å². The second-order valence-corrected chi connectivity index (χ2v) is 8.39. The standard InChI is InChI=1S/C21H18ClF2NO2/c22-12-7-13(21(26)27)19-16(8-12)25-20(11-3-4-14(23)15(24)6-11)18-10-2-1-9(5-10)17(18)19/h3-4,6-10,17-18,20,25H,1-2,5H2,(H,26,27)/t9-,10-,17+,18+,20-/m0/s1. The van der Waals surface area contributed by atoms with Crippen molar-refractivity contribution in [2.45, 2.75) is 31.2 Å². The van der Waals surface area contributed by atoms with Gasteiger partial charge in [-0.05, 0) is 78.3 Å². The third-order valence-electron chi connectivity index (χ3n) is 6.69. The number of halogens is 3. The van der Waals surface area contributed by atoms with Crippen LogP contribution in [0.3, 0.4) is 0 Å². The summed E-state index contributed by atoms with van der Waals surface area (Å²) in [7, 11) is 0. The Morgan fingerprint density at radius 2 is 1.89 bits per heavy atom. The summed E-state index contributed by atoms with van der Waals surface area (Å²) in [5.41, 5.74) is 2.46. The lowest BCUT2D eigenvalue weighted by Crippen LogP contribution is -2.36. The Bertz CT molecular complexity index is 963. The van der Waals surface area contributed by atoms with Crippen LogP contribution in [-0.4, -0.2) is 11.1 Å². The monoisotopic (exact) mass is 389 g/mol. The Morgan fingerprint density at radius 1 is 1.11 bits per heavy atom. The Hall–Kier alpha value is -2.14. The largest absolute Gasteiger partial charge is 0.478 e. The first-order valence-electron chi connectivity index (χ1n) is 9.22. The fourth-order valence-electron chi connectivity index (χ4n) is 5.79. The first kappa shape index (κ1) is 17.0. The lowest BCUT2D eigenvalue weighted by Gasteiger charge is -2.44. The number of fused-ring (bicyclic) bond motifs is 7. The Morgan fingerprint density at radius 3 is 2.63 bits per heavy atom. The fourth-order valence-corrected chi connectivity index (χ4v) is 6.01. The Balaban J connectivity index is 1.69. The number of carbonyl (C=O) groups is 1. The van der Waals surface area contributed by atoms with Crippen molar-refractivity contribution in [1.29, 1.82) is 0 Å². The molecule has 0 aromatic heterocycles. The molecule has 0 radical (unpaired) electrons. The number of anilines is 1. The van der Waals surface area contributed by atoms with Gasteiger partial charge in [0.2, 0.25) is 0 Å². The highest BCUT2D eigenvalue weighted by Crippen LogP contribution is 2.64. The Labute approximate surface area is 160 Å². The van der Waals surface area contributed by atoms with Gasteiger partial charge in [0.05, 0.1) is 11.6 Å². The molecule has 2 N–H and O–H groups in total. The van der Waals surface area contributed by atoms with E-state index >= 15 is 0 Å². The van der Waals surface area contributed by atoms with Gasteiger partial charge in [-0.25, -0.2) is 13.6 Å². The first-order valence-corrected chi connectivity index (χ1v) is 9.60. The van der Waals surface area contributed by atoms with Crippen molar-refractivity contribution in [3.8, 4) is 0 Å². The third-order valence-corrected chi connectivity index (χ3v) is 6.91. The lowest BCUT2D eigenvalue weighted by molar-refractivity contribution is 0.0693. The molecule has 2 aromatic carbocycles. The fraction of sp³-hybridized carbons (Fsp3) is 0.381. The lowest BCUT2D eigenvalue weighted by atomic mass is 9.67. The molecule has 1 aliphatic heterocycles. The first-order chi connectivity index (χ1) is 12.9. The molecule has 2 aromatic rings. The summed E-state index contributed by atoms with van der Waals surface area (Å²) in [4.78, 5) is 11.9. The van der Waals surface area contributed by atoms with Gasteiger partial charge in [0.15, 0.2) is 11.6 Å². The van der Waals surface area contributed by atoms with Crippen molar-refractivity contribution in [2.75, 3.05) is 5.32 Å². The quantitative estimate of drug-likeness (QED) is 0.701. The molecule has 0 unspecified atom stereocenters. The predicted octanol–water partition coefficient (Wildman–Crippen LogP) is 5.61. The highest BCUT2D eigenvalue weighted by Gasteiger charge is 2.54. The molecule has 3 nitrogen and oxygen atoms in total. The van der Waals surface area contributed by atoms with Gasteiger partial charge >= 0.3 is 5.97 Å². The van der Waals surface area contributed by atoms with Crippen LogP contribution in [0.5, 0.6) is 0 Å². The summed E-state index contributed by atoms with van der Waals surface area (Å²) < 4.78 is 27.3. The van der Waals surface area contributed by atoms with E-state index in [9.17, 15) is 18.7 Å². The van der Waals surface area contributed by atoms with Crippen molar-refractivity contribution >= 4 is 23.3 Å². The maximum absolute atomic E-state index is 13.9. The zero-order valence-corrected chi connectivity index (χ0v) is 15.1. The van der Waals surface area contributed by atoms with E-state index in [0.29, 0.717) is 28.1 Å². The molecular formula is C21H18ClF2NO2. The van der Waals surface area contributed by atoms with Crippen LogP contribution in [0.1, 0.15) is 52.7 Å². The number of nitrogens with one attached hydrogen (secondary N) is 1. The summed E-state index contributed by atoms with van der Waals surface area (Å²) in [6.45, 7) is 0. The van der Waals surface area contributed by atoms with E-state index < -0.39 is 17.6 Å². The van der Waals surface area contributed by atoms with Gasteiger partial charge in [-0.3, -0.25) is 0 Å². The average Bonchev–Trinajstić information content (AvgIpc) is 3.24. The van der Waals surface area contributed by atoms with Gasteiger partial charge < -0.3 is 10.4 Å². The summed E-state index contributed by atoms with van der Waals surface area (Å²) in [6.07, 6.45) is 3.23. The molecule has 2 aliphatic carbocycles. The number of carboxylic acids is 1. The molecule has 0 spiro atoms. The molecule has 0 saturated heterocycles. The van der Waals surface area contributed by atoms with Crippen LogP contribution in [0.2, 0.25) is 5.02 Å². The second kappa shape index (κ2) is 5.93. The average molecular weight is 390 g/mol. The van der Waals surface area contributed by atoms with Crippen molar-refractivity contribution in [2.24, 2.45) is 17.8 Å². The molecule has 2 bridgehead atoms. The van der Waals surface area contributed by atoms with Crippen LogP contribution < -0.4 is 5.32 Å². The molecule has 3 aliphatic rings. The van der Waals surface area contributed by atoms with Crippen LogP contribution in [0.25, 0.3) is 0 Å². The SMILES string of the molecule is O=C(O)c1cc(Cl)cc2c1[C@@H]1[C@H]3CC[C@@H](C3)[C@H]1[C@H](c1ccc(F)c(F)c1)N2. The maximum Gasteiger partial charge on any atom is 0.336 e. The molecule has 27 heavy (non-hydrogen) atoms. The minimum atomic E-state index is -0.983. The van der Waals surface area contributed by atoms with E-state index in [1.54, 1.807) is 12.1 Å². The molecule has 2 fully saturated rings. The normalized spacial score (nSPS) is 30.6. The highest BCUT2D eigenvalue weighted by atomic mass is 35.5. The smallest absolute Gasteiger partial charge is 0.336 e. The van der Waals surface area contributed by atoms with Crippen LogP contribution >= 0.6 is 11.6 Å². The number of aromatic carboxylic acids is 1. The number of benzene rings is 2. The number of hydrogen-bond acceptors (Lipinski definition) is 2. The van der Waals surface area contributed by atoms with Gasteiger partial charge in [-0.2, -0.15) is 0 Å². The van der Waals surface area contributed by atoms with Crippen LogP contribution in [0, 0.1) is 29.4 Å². The topological polar surface area (TPSA) is 49.3 Å². The maximum atomic E-state index is 13.9. The molecule has 5 atom stereocenters. The highest BCUT2D eigenvalue weighted by molar-refractivity contribution is 6.31. The van der Waals surface area contributed by atoms with Crippen molar-refractivity contribution in [1.82, 2.24) is 0 Å². The molecule has 1 heterocycles. The van der Waals surface area contributed by atoms with E-state index in [-0.39, 0.29) is 23.4 Å². The van der Waals surface area contributed by atoms with Crippen LogP contribution in [-0.2, 0) is 0 Å². The second-order valence-electron chi connectivity index (χ2n) is 7.95. The van der Waals surface area contributed by atoms with E-state index in [2.05, 4.69) is 5.32 Å². The molecule has 2 saturated carbocycles. The van der Waals surface area contributed by atoms with Gasteiger partial charge in [0.1, 0.15) is 0 Å². The molecule has 6 heteroatoms. The molecule has 5 rings (SSSR count). The molecular weight excluding hydrogens is 372 g/mol. The van der Waals surface area contributed by atoms with Crippen molar-refractivity contribution in [3.63, 3.8) is 0 Å². The van der Waals surface area contributed by atoms with Gasteiger partial charge in [-0.1, -0.05) is 17.7 Å². The molecule has 140 valence electrons. The van der Waals surface area contributed by atoms with Crippen LogP contribution in [0.15, 0.2) is 30.3 Å². The number of rotatable bonds is 2. The number of carboxylic acid groups (broad SMARTS) is 1. The summed E-state index contributed by atoms with van der Waals surface area (Å²) in [5.74, 6) is -1.57. The summed E-state index contributed by atoms with van der Waals surface area (Å²) >= 11 is 6.17. The van der Waals surface area contributed by atoms with Gasteiger partial charge in [0.25, 0.3) is 0 Å². The molecule has 0 amide bonds. The Kier molecular flexibility index (Phi) is 3.73. The summed E-state index contributed by atoms with van der Waals surface area (Å²) in [5, 5.41) is 13.5. The van der Waals surface area contributed by atoms with E-state index in [0.717, 1.165) is 30.9 Å².